The third-order valence-electron chi connectivity index (χ3n) is 4.71. The molecule has 1 aromatic heterocycles. The van der Waals surface area contributed by atoms with Crippen LogP contribution in [0.5, 0.6) is 0 Å². The summed E-state index contributed by atoms with van der Waals surface area (Å²) in [6, 6.07) is 10.2. The van der Waals surface area contributed by atoms with Gasteiger partial charge in [0.25, 0.3) is 0 Å². The second-order valence-corrected chi connectivity index (χ2v) is 7.68. The Morgan fingerprint density at radius 3 is 2.80 bits per heavy atom. The molecular weight excluding hydrogens is 314 g/mol. The highest BCUT2D eigenvalue weighted by Crippen LogP contribution is 2.17. The lowest BCUT2D eigenvalue weighted by Crippen LogP contribution is -2.56. The average molecular weight is 341 g/mol. The van der Waals surface area contributed by atoms with Gasteiger partial charge in [-0.2, -0.15) is 0 Å². The number of para-hydroxylation sites is 1. The molecule has 2 aromatic rings. The van der Waals surface area contributed by atoms with E-state index >= 15 is 0 Å². The fourth-order valence-electron chi connectivity index (χ4n) is 3.45. The second kappa shape index (κ2) is 7.10. The van der Waals surface area contributed by atoms with Crippen LogP contribution < -0.4 is 0 Å². The van der Waals surface area contributed by atoms with Crippen molar-refractivity contribution < 1.29 is 9.90 Å². The van der Waals surface area contributed by atoms with Crippen molar-refractivity contribution in [3.8, 4) is 0 Å². The molecule has 0 spiro atoms. The van der Waals surface area contributed by atoms with E-state index in [1.165, 1.54) is 0 Å². The molecule has 134 valence electrons. The molecule has 1 fully saturated rings. The lowest BCUT2D eigenvalue weighted by molar-refractivity contribution is -0.133. The fourth-order valence-corrected chi connectivity index (χ4v) is 3.45. The molecule has 2 heterocycles. The number of carbonyl (C=O) groups excluding carboxylic acids is 1. The van der Waals surface area contributed by atoms with E-state index in [9.17, 15) is 9.90 Å². The number of fused-ring (bicyclic) bond motifs is 1. The predicted molar refractivity (Wildman–Crippen MR) is 99.4 cm³/mol. The predicted octanol–water partition coefficient (Wildman–Crippen LogP) is 2.08. The molecule has 1 atom stereocenters. The fraction of sp³-hybridized carbons (Fsp3) is 0.500. The first-order valence-electron chi connectivity index (χ1n) is 8.90. The molecule has 0 aliphatic carbocycles. The van der Waals surface area contributed by atoms with Crippen LogP contribution in [0.2, 0.25) is 0 Å². The van der Waals surface area contributed by atoms with Crippen molar-refractivity contribution in [3.05, 3.63) is 42.1 Å². The molecule has 5 nitrogen and oxygen atoms in total. The third-order valence-corrected chi connectivity index (χ3v) is 4.71. The Labute approximate surface area is 149 Å². The number of benzene rings is 1. The van der Waals surface area contributed by atoms with Crippen molar-refractivity contribution in [1.82, 2.24) is 14.8 Å². The van der Waals surface area contributed by atoms with Gasteiger partial charge < -0.3 is 10.0 Å². The summed E-state index contributed by atoms with van der Waals surface area (Å²) in [5.41, 5.74) is 1.19. The van der Waals surface area contributed by atoms with Gasteiger partial charge in [0, 0.05) is 43.8 Å². The molecule has 0 bridgehead atoms. The Morgan fingerprint density at radius 1 is 1.32 bits per heavy atom. The highest BCUT2D eigenvalue weighted by Gasteiger charge is 2.29. The average Bonchev–Trinajstić information content (AvgIpc) is 2.55. The van der Waals surface area contributed by atoms with E-state index in [0.717, 1.165) is 23.0 Å². The number of hydrogen-bond donors (Lipinski definition) is 1. The van der Waals surface area contributed by atoms with Crippen molar-refractivity contribution in [2.45, 2.75) is 38.8 Å². The third kappa shape index (κ3) is 4.55. The lowest BCUT2D eigenvalue weighted by Gasteiger charge is -2.42. The van der Waals surface area contributed by atoms with Gasteiger partial charge in [0.2, 0.25) is 5.91 Å². The molecule has 5 heteroatoms. The van der Waals surface area contributed by atoms with Gasteiger partial charge in [0.1, 0.15) is 0 Å². The van der Waals surface area contributed by atoms with E-state index < -0.39 is 5.60 Å². The van der Waals surface area contributed by atoms with Gasteiger partial charge in [-0.3, -0.25) is 14.7 Å². The van der Waals surface area contributed by atoms with Gasteiger partial charge in [-0.1, -0.05) is 18.2 Å². The number of hydrogen-bond acceptors (Lipinski definition) is 4. The number of carbonyl (C=O) groups is 1. The maximum Gasteiger partial charge on any atom is 0.227 e. The first-order chi connectivity index (χ1) is 11.8. The Kier molecular flexibility index (Phi) is 5.06. The maximum atomic E-state index is 12.7. The number of pyridine rings is 1. The molecule has 1 aliphatic heterocycles. The van der Waals surface area contributed by atoms with Crippen molar-refractivity contribution >= 4 is 16.8 Å². The molecular formula is C20H27N3O2. The monoisotopic (exact) mass is 341 g/mol. The van der Waals surface area contributed by atoms with Crippen LogP contribution in [0.4, 0.5) is 0 Å². The minimum atomic E-state index is -0.711. The van der Waals surface area contributed by atoms with Crippen molar-refractivity contribution in [2.75, 3.05) is 26.2 Å². The van der Waals surface area contributed by atoms with Crippen molar-refractivity contribution in [1.29, 1.82) is 0 Å². The largest absolute Gasteiger partial charge is 0.389 e. The molecule has 0 radical (unpaired) electrons. The normalized spacial score (nSPS) is 19.4. The first kappa shape index (κ1) is 17.8. The Morgan fingerprint density at radius 2 is 2.08 bits per heavy atom. The summed E-state index contributed by atoms with van der Waals surface area (Å²) in [5, 5.41) is 11.1. The summed E-state index contributed by atoms with van der Waals surface area (Å²) >= 11 is 0. The molecule has 1 amide bonds. The number of aliphatic hydroxyl groups is 1. The van der Waals surface area contributed by atoms with Gasteiger partial charge in [0.15, 0.2) is 0 Å². The molecule has 0 saturated carbocycles. The number of nitrogens with zero attached hydrogens (tertiary/aromatic N) is 3. The van der Waals surface area contributed by atoms with E-state index in [0.29, 0.717) is 26.1 Å². The second-order valence-electron chi connectivity index (χ2n) is 7.68. The summed E-state index contributed by atoms with van der Waals surface area (Å²) in [4.78, 5) is 21.3. The zero-order chi connectivity index (χ0) is 18.0. The molecule has 1 aromatic carbocycles. The highest BCUT2D eigenvalue weighted by atomic mass is 16.3. The SMILES string of the molecule is CC1CN(C(=O)Cc2cnc3ccccc3c2)CCN1CC(C)(C)O. The standard InChI is InChI=1S/C20H27N3O2/c1-15-13-22(8-9-23(15)14-20(2,3)25)19(24)11-16-10-17-6-4-5-7-18(17)21-12-16/h4-7,10,12,15,25H,8-9,11,13-14H2,1-3H3. The number of β-amino-alcohol motifs (C(OH)–C–C–N with tert-alkyl or cyclic N) is 1. The Balaban J connectivity index is 1.61. The van der Waals surface area contributed by atoms with Gasteiger partial charge in [-0.25, -0.2) is 0 Å². The summed E-state index contributed by atoms with van der Waals surface area (Å²) in [5.74, 6) is 0.145. The zero-order valence-corrected chi connectivity index (χ0v) is 15.3. The van der Waals surface area contributed by atoms with Gasteiger partial charge in [0.05, 0.1) is 17.5 Å². The topological polar surface area (TPSA) is 56.7 Å². The highest BCUT2D eigenvalue weighted by molar-refractivity contribution is 5.82. The van der Waals surface area contributed by atoms with Gasteiger partial charge in [-0.15, -0.1) is 0 Å². The van der Waals surface area contributed by atoms with Crippen LogP contribution in [-0.4, -0.2) is 63.6 Å². The molecule has 25 heavy (non-hydrogen) atoms. The number of rotatable bonds is 4. The van der Waals surface area contributed by atoms with Gasteiger partial charge >= 0.3 is 0 Å². The summed E-state index contributed by atoms with van der Waals surface area (Å²) in [6.45, 7) is 8.60. The van der Waals surface area contributed by atoms with Crippen LogP contribution in [0, 0.1) is 0 Å². The van der Waals surface area contributed by atoms with Gasteiger partial charge in [-0.05, 0) is 38.5 Å². The summed E-state index contributed by atoms with van der Waals surface area (Å²) in [6.07, 6.45) is 2.18. The lowest BCUT2D eigenvalue weighted by atomic mass is 10.1. The number of aromatic nitrogens is 1. The molecule has 1 unspecified atom stereocenters. The van der Waals surface area contributed by atoms with E-state index in [1.807, 2.05) is 49.1 Å². The summed E-state index contributed by atoms with van der Waals surface area (Å²) < 4.78 is 0. The molecule has 3 rings (SSSR count). The van der Waals surface area contributed by atoms with Crippen LogP contribution in [0.15, 0.2) is 36.5 Å². The molecule has 1 N–H and O–H groups in total. The quantitative estimate of drug-likeness (QED) is 0.925. The first-order valence-corrected chi connectivity index (χ1v) is 8.90. The van der Waals surface area contributed by atoms with E-state index in [4.69, 9.17) is 0 Å². The van der Waals surface area contributed by atoms with Crippen LogP contribution in [0.25, 0.3) is 10.9 Å². The van der Waals surface area contributed by atoms with Crippen molar-refractivity contribution in [3.63, 3.8) is 0 Å². The van der Waals surface area contributed by atoms with E-state index in [-0.39, 0.29) is 11.9 Å². The van der Waals surface area contributed by atoms with Crippen LogP contribution >= 0.6 is 0 Å². The van der Waals surface area contributed by atoms with Crippen molar-refractivity contribution in [2.24, 2.45) is 0 Å². The number of piperazine rings is 1. The molecule has 1 saturated heterocycles. The minimum absolute atomic E-state index is 0.145. The molecule has 1 aliphatic rings. The maximum absolute atomic E-state index is 12.7. The zero-order valence-electron chi connectivity index (χ0n) is 15.3. The van der Waals surface area contributed by atoms with E-state index in [2.05, 4.69) is 16.8 Å². The minimum Gasteiger partial charge on any atom is -0.389 e. The Bertz CT molecular complexity index is 754. The van der Waals surface area contributed by atoms with E-state index in [1.54, 1.807) is 6.20 Å². The van der Waals surface area contributed by atoms with Crippen LogP contribution in [-0.2, 0) is 11.2 Å². The Hall–Kier alpha value is -1.98. The summed E-state index contributed by atoms with van der Waals surface area (Å²) in [7, 11) is 0. The van der Waals surface area contributed by atoms with Crippen LogP contribution in [0.3, 0.4) is 0 Å². The van der Waals surface area contributed by atoms with Crippen LogP contribution in [0.1, 0.15) is 26.3 Å². The number of amides is 1. The smallest absolute Gasteiger partial charge is 0.227 e.